The van der Waals surface area contributed by atoms with Gasteiger partial charge in [-0.15, -0.1) is 0 Å². The van der Waals surface area contributed by atoms with Crippen LogP contribution in [0.3, 0.4) is 0 Å². The highest BCUT2D eigenvalue weighted by molar-refractivity contribution is 6.40. The molecule has 3 fully saturated rings. The van der Waals surface area contributed by atoms with E-state index in [1.807, 2.05) is 0 Å². The van der Waals surface area contributed by atoms with Gasteiger partial charge < -0.3 is 20.3 Å². The van der Waals surface area contributed by atoms with E-state index < -0.39 is 23.9 Å². The number of cyclic esters (lactones) is 1. The van der Waals surface area contributed by atoms with Crippen LogP contribution in [0.5, 0.6) is 0 Å². The van der Waals surface area contributed by atoms with E-state index in [1.54, 1.807) is 24.3 Å². The number of fused-ring (bicyclic) bond motifs is 2. The molecule has 2 unspecified atom stereocenters. The van der Waals surface area contributed by atoms with Gasteiger partial charge in [-0.25, -0.2) is 4.79 Å². The van der Waals surface area contributed by atoms with E-state index in [9.17, 15) is 19.2 Å². The number of carbonyl (C=O) groups is 4. The third kappa shape index (κ3) is 2.65. The van der Waals surface area contributed by atoms with E-state index >= 15 is 0 Å². The molecule has 1 aromatic carbocycles. The highest BCUT2D eigenvalue weighted by Crippen LogP contribution is 2.30. The fourth-order valence-electron chi connectivity index (χ4n) is 3.70. The van der Waals surface area contributed by atoms with Gasteiger partial charge in [-0.2, -0.15) is 0 Å². The minimum Gasteiger partial charge on any atom is -0.447 e. The van der Waals surface area contributed by atoms with Gasteiger partial charge in [0.25, 0.3) is 0 Å². The number of hydrogen-bond acceptors (Lipinski definition) is 5. The SMILES string of the molecule is O=C(Nc1ccccc1N1CCOC1=O)C(=O)N1C2CCC1C(=O)NC2. The number of nitrogens with one attached hydrogen (secondary N) is 2. The van der Waals surface area contributed by atoms with E-state index in [-0.39, 0.29) is 18.6 Å². The van der Waals surface area contributed by atoms with E-state index in [2.05, 4.69) is 10.6 Å². The lowest BCUT2D eigenvalue weighted by atomic mass is 10.2. The molecule has 3 aliphatic rings. The Morgan fingerprint density at radius 2 is 2.00 bits per heavy atom. The summed E-state index contributed by atoms with van der Waals surface area (Å²) >= 11 is 0. The Bertz CT molecular complexity index is 795. The lowest BCUT2D eigenvalue weighted by molar-refractivity contribution is -0.149. The number of piperazine rings is 1. The quantitative estimate of drug-likeness (QED) is 0.728. The molecule has 2 atom stereocenters. The van der Waals surface area contributed by atoms with Gasteiger partial charge >= 0.3 is 17.9 Å². The molecule has 2 N–H and O–H groups in total. The maximum atomic E-state index is 12.6. The van der Waals surface area contributed by atoms with Gasteiger partial charge in [-0.3, -0.25) is 19.3 Å². The van der Waals surface area contributed by atoms with Crippen LogP contribution < -0.4 is 15.5 Å². The highest BCUT2D eigenvalue weighted by Gasteiger charge is 2.46. The normalized spacial score (nSPS) is 24.3. The number of rotatable bonds is 2. The van der Waals surface area contributed by atoms with Crippen LogP contribution in [-0.2, 0) is 19.1 Å². The lowest BCUT2D eigenvalue weighted by Gasteiger charge is -2.33. The van der Waals surface area contributed by atoms with Crippen LogP contribution in [0.2, 0.25) is 0 Å². The van der Waals surface area contributed by atoms with Crippen LogP contribution in [-0.4, -0.2) is 60.5 Å². The van der Waals surface area contributed by atoms with E-state index in [0.717, 1.165) is 0 Å². The van der Waals surface area contributed by atoms with Crippen LogP contribution in [0.1, 0.15) is 12.8 Å². The van der Waals surface area contributed by atoms with Gasteiger partial charge in [0.2, 0.25) is 5.91 Å². The molecule has 9 heteroatoms. The minimum absolute atomic E-state index is 0.153. The molecule has 0 spiro atoms. The topological polar surface area (TPSA) is 108 Å². The van der Waals surface area contributed by atoms with E-state index in [4.69, 9.17) is 4.74 Å². The fourth-order valence-corrected chi connectivity index (χ4v) is 3.70. The summed E-state index contributed by atoms with van der Waals surface area (Å²) in [6.07, 6.45) is 0.758. The Labute approximate surface area is 149 Å². The summed E-state index contributed by atoms with van der Waals surface area (Å²) in [4.78, 5) is 51.6. The van der Waals surface area contributed by atoms with Crippen molar-refractivity contribution >= 4 is 35.2 Å². The Kier molecular flexibility index (Phi) is 3.98. The number of amides is 4. The number of carbonyl (C=O) groups excluding carboxylic acids is 4. The second-order valence-electron chi connectivity index (χ2n) is 6.44. The molecular formula is C17H18N4O5. The zero-order valence-electron chi connectivity index (χ0n) is 13.9. The Morgan fingerprint density at radius 1 is 1.19 bits per heavy atom. The summed E-state index contributed by atoms with van der Waals surface area (Å²) < 4.78 is 4.93. The molecule has 0 aliphatic carbocycles. The van der Waals surface area contributed by atoms with Crippen LogP contribution >= 0.6 is 0 Å². The molecule has 2 bridgehead atoms. The van der Waals surface area contributed by atoms with Crippen molar-refractivity contribution in [2.24, 2.45) is 0 Å². The van der Waals surface area contributed by atoms with Crippen molar-refractivity contribution < 1.29 is 23.9 Å². The van der Waals surface area contributed by atoms with E-state index in [1.165, 1.54) is 9.80 Å². The molecule has 1 aromatic rings. The summed E-state index contributed by atoms with van der Waals surface area (Å²) in [7, 11) is 0. The van der Waals surface area contributed by atoms with E-state index in [0.29, 0.717) is 37.3 Å². The number of nitrogens with zero attached hydrogens (tertiary/aromatic N) is 2. The Morgan fingerprint density at radius 3 is 2.77 bits per heavy atom. The van der Waals surface area contributed by atoms with Crippen molar-refractivity contribution in [1.29, 1.82) is 0 Å². The lowest BCUT2D eigenvalue weighted by Crippen LogP contribution is -2.59. The van der Waals surface area contributed by atoms with Crippen molar-refractivity contribution in [2.75, 3.05) is 29.9 Å². The molecule has 26 heavy (non-hydrogen) atoms. The van der Waals surface area contributed by atoms with Crippen LogP contribution in [0.15, 0.2) is 24.3 Å². The molecule has 9 nitrogen and oxygen atoms in total. The first-order chi connectivity index (χ1) is 12.6. The number of anilines is 2. The maximum Gasteiger partial charge on any atom is 0.414 e. The van der Waals surface area contributed by atoms with Crippen molar-refractivity contribution in [1.82, 2.24) is 10.2 Å². The summed E-state index contributed by atoms with van der Waals surface area (Å²) in [6.45, 7) is 1.01. The van der Waals surface area contributed by atoms with Gasteiger partial charge in [0.1, 0.15) is 12.6 Å². The molecular weight excluding hydrogens is 340 g/mol. The van der Waals surface area contributed by atoms with Crippen LogP contribution in [0, 0.1) is 0 Å². The molecule has 3 aliphatic heterocycles. The zero-order chi connectivity index (χ0) is 18.3. The van der Waals surface area contributed by atoms with Crippen molar-refractivity contribution in [2.45, 2.75) is 24.9 Å². The average molecular weight is 358 g/mol. The fraction of sp³-hybridized carbons (Fsp3) is 0.412. The van der Waals surface area contributed by atoms with Gasteiger partial charge in [0.15, 0.2) is 0 Å². The summed E-state index contributed by atoms with van der Waals surface area (Å²) in [5.74, 6) is -1.78. The van der Waals surface area contributed by atoms with Crippen LogP contribution in [0.4, 0.5) is 16.2 Å². The molecule has 136 valence electrons. The van der Waals surface area contributed by atoms with Crippen molar-refractivity contribution in [3.8, 4) is 0 Å². The molecule has 4 rings (SSSR count). The second-order valence-corrected chi connectivity index (χ2v) is 6.44. The highest BCUT2D eigenvalue weighted by atomic mass is 16.6. The average Bonchev–Trinajstić information content (AvgIpc) is 3.21. The molecule has 3 heterocycles. The van der Waals surface area contributed by atoms with Crippen molar-refractivity contribution in [3.63, 3.8) is 0 Å². The number of para-hydroxylation sites is 2. The van der Waals surface area contributed by atoms with Gasteiger partial charge in [0, 0.05) is 6.54 Å². The first kappa shape index (κ1) is 16.4. The number of benzene rings is 1. The van der Waals surface area contributed by atoms with Crippen LogP contribution in [0.25, 0.3) is 0 Å². The summed E-state index contributed by atoms with van der Waals surface area (Å²) in [6, 6.07) is 5.97. The predicted molar refractivity (Wildman–Crippen MR) is 90.4 cm³/mol. The molecule has 0 radical (unpaired) electrons. The molecule has 0 saturated carbocycles. The predicted octanol–water partition coefficient (Wildman–Crippen LogP) is 0.0711. The Balaban J connectivity index is 1.53. The zero-order valence-corrected chi connectivity index (χ0v) is 13.9. The summed E-state index contributed by atoms with van der Waals surface area (Å²) in [5.41, 5.74) is 0.814. The van der Waals surface area contributed by atoms with Crippen molar-refractivity contribution in [3.05, 3.63) is 24.3 Å². The second kappa shape index (κ2) is 6.32. The number of ether oxygens (including phenoxy) is 1. The summed E-state index contributed by atoms with van der Waals surface area (Å²) in [5, 5.41) is 5.32. The van der Waals surface area contributed by atoms with Gasteiger partial charge in [-0.05, 0) is 25.0 Å². The molecule has 0 aromatic heterocycles. The molecule has 3 saturated heterocycles. The minimum atomic E-state index is -0.823. The third-order valence-corrected chi connectivity index (χ3v) is 4.95. The largest absolute Gasteiger partial charge is 0.447 e. The Hall–Kier alpha value is -3.10. The first-order valence-corrected chi connectivity index (χ1v) is 8.51. The standard InChI is InChI=1S/C17H18N4O5/c22-14-13-6-5-10(9-18-14)21(13)16(24)15(23)19-11-3-1-2-4-12(11)20-7-8-26-17(20)25/h1-4,10,13H,5-9H2,(H,18,22)(H,19,23). The van der Waals surface area contributed by atoms with Gasteiger partial charge in [0.05, 0.1) is 24.0 Å². The first-order valence-electron chi connectivity index (χ1n) is 8.51. The maximum absolute atomic E-state index is 12.6. The monoisotopic (exact) mass is 358 g/mol. The number of hydrogen-bond donors (Lipinski definition) is 2. The smallest absolute Gasteiger partial charge is 0.414 e. The molecule has 4 amide bonds. The third-order valence-electron chi connectivity index (χ3n) is 4.95. The van der Waals surface area contributed by atoms with Gasteiger partial charge in [-0.1, -0.05) is 12.1 Å².